The minimum absolute atomic E-state index is 0.334. The zero-order valence-corrected chi connectivity index (χ0v) is 24.2. The molecule has 0 aliphatic carbocycles. The molecule has 0 saturated heterocycles. The van der Waals surface area contributed by atoms with Gasteiger partial charge in [0.1, 0.15) is 0 Å². The third kappa shape index (κ3) is 10.1. The summed E-state index contributed by atoms with van der Waals surface area (Å²) >= 11 is 0. The first kappa shape index (κ1) is 30.2. The van der Waals surface area contributed by atoms with Crippen molar-refractivity contribution in [2.24, 2.45) is 0 Å². The Labute approximate surface area is 234 Å². The molecule has 1 heteroatoms. The molecule has 206 valence electrons. The Balaban J connectivity index is 1.38. The second-order valence-electron chi connectivity index (χ2n) is 11.1. The molecular formula is C37H53N. The van der Waals surface area contributed by atoms with Gasteiger partial charge in [-0.2, -0.15) is 0 Å². The molecule has 3 aromatic carbocycles. The van der Waals surface area contributed by atoms with Crippen LogP contribution in [0.25, 0.3) is 0 Å². The fourth-order valence-electron chi connectivity index (χ4n) is 5.82. The maximum Gasteiger partial charge on any atom is 0.0947 e. The van der Waals surface area contributed by atoms with E-state index in [1.807, 2.05) is 0 Å². The summed E-state index contributed by atoms with van der Waals surface area (Å²) in [5.41, 5.74) is 3.57. The van der Waals surface area contributed by atoms with Crippen molar-refractivity contribution in [3.8, 4) is 0 Å². The van der Waals surface area contributed by atoms with Crippen LogP contribution in [0, 0.1) is 0 Å². The molecule has 0 fully saturated rings. The van der Waals surface area contributed by atoms with Gasteiger partial charge in [-0.3, -0.25) is 5.32 Å². The standard InChI is InChI=1S/C37H53N/c1-2-3-4-5-6-7-8-9-10-11-12-13-14-15-16-26-33-38-37(34-27-20-17-21-28-34,35-29-22-18-23-30-35)36-31-24-19-25-32-36/h17-25,27-32,38H,2-16,26,33H2,1H3. The molecule has 0 saturated carbocycles. The van der Waals surface area contributed by atoms with Crippen molar-refractivity contribution in [3.05, 3.63) is 108 Å². The molecule has 0 atom stereocenters. The second-order valence-corrected chi connectivity index (χ2v) is 11.1. The van der Waals surface area contributed by atoms with E-state index in [9.17, 15) is 0 Å². The minimum atomic E-state index is -0.334. The summed E-state index contributed by atoms with van der Waals surface area (Å²) < 4.78 is 0. The van der Waals surface area contributed by atoms with Gasteiger partial charge in [0.05, 0.1) is 5.54 Å². The Kier molecular flexibility index (Phi) is 14.9. The SMILES string of the molecule is CCCCCCCCCCCCCCCCCCNC(c1ccccc1)(c1ccccc1)c1ccccc1. The van der Waals surface area contributed by atoms with Gasteiger partial charge in [0.25, 0.3) is 0 Å². The molecule has 0 unspecified atom stereocenters. The first-order chi connectivity index (χ1) is 18.9. The molecule has 0 aliphatic heterocycles. The van der Waals surface area contributed by atoms with Gasteiger partial charge in [-0.05, 0) is 29.7 Å². The van der Waals surface area contributed by atoms with Crippen LogP contribution in [-0.2, 0) is 5.54 Å². The van der Waals surface area contributed by atoms with E-state index in [0.29, 0.717) is 0 Å². The van der Waals surface area contributed by atoms with Crippen LogP contribution in [0.2, 0.25) is 0 Å². The van der Waals surface area contributed by atoms with Gasteiger partial charge in [-0.25, -0.2) is 0 Å². The molecule has 1 nitrogen and oxygen atoms in total. The monoisotopic (exact) mass is 511 g/mol. The van der Waals surface area contributed by atoms with E-state index in [0.717, 1.165) is 6.54 Å². The van der Waals surface area contributed by atoms with Crippen molar-refractivity contribution < 1.29 is 0 Å². The summed E-state index contributed by atoms with van der Waals surface area (Å²) in [5, 5.41) is 4.03. The molecule has 0 amide bonds. The summed E-state index contributed by atoms with van der Waals surface area (Å²) in [6.45, 7) is 3.31. The van der Waals surface area contributed by atoms with Crippen LogP contribution in [0.15, 0.2) is 91.0 Å². The molecule has 38 heavy (non-hydrogen) atoms. The molecule has 0 radical (unpaired) electrons. The van der Waals surface area contributed by atoms with E-state index in [1.54, 1.807) is 0 Å². The van der Waals surface area contributed by atoms with Crippen LogP contribution in [-0.4, -0.2) is 6.54 Å². The maximum atomic E-state index is 4.03. The number of hydrogen-bond donors (Lipinski definition) is 1. The Morgan fingerprint density at radius 2 is 0.684 bits per heavy atom. The van der Waals surface area contributed by atoms with Crippen molar-refractivity contribution in [2.45, 2.75) is 115 Å². The third-order valence-electron chi connectivity index (χ3n) is 8.04. The Morgan fingerprint density at radius 1 is 0.395 bits per heavy atom. The molecule has 1 N–H and O–H groups in total. The fraction of sp³-hybridized carbons (Fsp3) is 0.514. The topological polar surface area (TPSA) is 12.0 Å². The largest absolute Gasteiger partial charge is 0.300 e. The van der Waals surface area contributed by atoms with Gasteiger partial charge >= 0.3 is 0 Å². The second kappa shape index (κ2) is 18.8. The van der Waals surface area contributed by atoms with Crippen molar-refractivity contribution in [2.75, 3.05) is 6.54 Å². The van der Waals surface area contributed by atoms with Gasteiger partial charge in [-0.15, -0.1) is 0 Å². The molecule has 3 rings (SSSR count). The van der Waals surface area contributed by atoms with Crippen LogP contribution in [0.1, 0.15) is 126 Å². The highest BCUT2D eigenvalue weighted by Crippen LogP contribution is 2.36. The number of hydrogen-bond acceptors (Lipinski definition) is 1. The first-order valence-electron chi connectivity index (χ1n) is 15.8. The van der Waals surface area contributed by atoms with E-state index >= 15 is 0 Å². The molecule has 0 spiro atoms. The van der Waals surface area contributed by atoms with Gasteiger partial charge in [-0.1, -0.05) is 194 Å². The van der Waals surface area contributed by atoms with Gasteiger partial charge in [0, 0.05) is 0 Å². The third-order valence-corrected chi connectivity index (χ3v) is 8.04. The summed E-state index contributed by atoms with van der Waals surface area (Å²) in [7, 11) is 0. The van der Waals surface area contributed by atoms with Crippen molar-refractivity contribution in [1.82, 2.24) is 5.32 Å². The summed E-state index contributed by atoms with van der Waals surface area (Å²) in [4.78, 5) is 0. The number of rotatable bonds is 21. The number of benzene rings is 3. The predicted octanol–water partition coefficient (Wildman–Crippen LogP) is 10.8. The van der Waals surface area contributed by atoms with Crippen LogP contribution < -0.4 is 5.32 Å². The van der Waals surface area contributed by atoms with Gasteiger partial charge in [0.2, 0.25) is 0 Å². The highest BCUT2D eigenvalue weighted by atomic mass is 15.0. The van der Waals surface area contributed by atoms with E-state index in [-0.39, 0.29) is 5.54 Å². The van der Waals surface area contributed by atoms with E-state index in [1.165, 1.54) is 119 Å². The normalized spacial score (nSPS) is 11.6. The Bertz CT molecular complexity index is 838. The average Bonchev–Trinajstić information content (AvgIpc) is 2.98. The summed E-state index contributed by atoms with van der Waals surface area (Å²) in [5.74, 6) is 0. The highest BCUT2D eigenvalue weighted by Gasteiger charge is 2.35. The van der Waals surface area contributed by atoms with E-state index < -0.39 is 0 Å². The molecule has 0 bridgehead atoms. The van der Waals surface area contributed by atoms with Crippen molar-refractivity contribution >= 4 is 0 Å². The lowest BCUT2D eigenvalue weighted by Gasteiger charge is -2.37. The zero-order valence-electron chi connectivity index (χ0n) is 24.2. The zero-order chi connectivity index (χ0) is 26.6. The predicted molar refractivity (Wildman–Crippen MR) is 167 cm³/mol. The molecule has 3 aromatic rings. The quantitative estimate of drug-likeness (QED) is 0.111. The lowest BCUT2D eigenvalue weighted by molar-refractivity contribution is 0.453. The average molecular weight is 512 g/mol. The lowest BCUT2D eigenvalue weighted by Crippen LogP contribution is -2.45. The molecule has 0 aliphatic rings. The summed E-state index contributed by atoms with van der Waals surface area (Å²) in [6, 6.07) is 32.9. The maximum absolute atomic E-state index is 4.03. The van der Waals surface area contributed by atoms with Crippen LogP contribution >= 0.6 is 0 Å². The van der Waals surface area contributed by atoms with E-state index in [2.05, 4.69) is 103 Å². The van der Waals surface area contributed by atoms with Crippen LogP contribution in [0.3, 0.4) is 0 Å². The van der Waals surface area contributed by atoms with Crippen LogP contribution in [0.5, 0.6) is 0 Å². The van der Waals surface area contributed by atoms with Crippen molar-refractivity contribution in [1.29, 1.82) is 0 Å². The summed E-state index contributed by atoms with van der Waals surface area (Å²) in [6.07, 6.45) is 22.5. The Hall–Kier alpha value is -2.38. The van der Waals surface area contributed by atoms with Gasteiger partial charge < -0.3 is 0 Å². The molecular weight excluding hydrogens is 458 g/mol. The smallest absolute Gasteiger partial charge is 0.0947 e. The minimum Gasteiger partial charge on any atom is -0.300 e. The Morgan fingerprint density at radius 3 is 1.00 bits per heavy atom. The molecule has 0 heterocycles. The highest BCUT2D eigenvalue weighted by molar-refractivity contribution is 5.49. The number of unbranched alkanes of at least 4 members (excludes halogenated alkanes) is 15. The fourth-order valence-corrected chi connectivity index (χ4v) is 5.82. The van der Waals surface area contributed by atoms with Crippen molar-refractivity contribution in [3.63, 3.8) is 0 Å². The lowest BCUT2D eigenvalue weighted by atomic mass is 9.77. The van der Waals surface area contributed by atoms with Gasteiger partial charge in [0.15, 0.2) is 0 Å². The van der Waals surface area contributed by atoms with E-state index in [4.69, 9.17) is 0 Å². The number of nitrogens with one attached hydrogen (secondary N) is 1. The van der Waals surface area contributed by atoms with Crippen LogP contribution in [0.4, 0.5) is 0 Å². The molecule has 0 aromatic heterocycles. The first-order valence-corrected chi connectivity index (χ1v) is 15.8.